The molecule has 0 aromatic carbocycles. The Morgan fingerprint density at radius 1 is 1.52 bits per heavy atom. The molecular formula is C15H24ClN3O2. The van der Waals surface area contributed by atoms with E-state index in [4.69, 9.17) is 16.3 Å². The third kappa shape index (κ3) is 3.77. The number of aryl methyl sites for hydroxylation is 1. The number of halogens is 1. The van der Waals surface area contributed by atoms with E-state index in [1.54, 1.807) is 4.68 Å². The van der Waals surface area contributed by atoms with Crippen molar-refractivity contribution < 1.29 is 9.53 Å². The summed E-state index contributed by atoms with van der Waals surface area (Å²) in [4.78, 5) is 12.4. The molecule has 1 saturated heterocycles. The minimum atomic E-state index is -0.171. The van der Waals surface area contributed by atoms with Crippen LogP contribution in [0, 0.1) is 12.8 Å². The number of hydrogen-bond donors (Lipinski definition) is 1. The van der Waals surface area contributed by atoms with Gasteiger partial charge in [-0.1, -0.05) is 25.4 Å². The van der Waals surface area contributed by atoms with Crippen molar-refractivity contribution in [2.24, 2.45) is 5.92 Å². The first-order valence-corrected chi connectivity index (χ1v) is 7.93. The Morgan fingerprint density at radius 3 is 2.81 bits per heavy atom. The summed E-state index contributed by atoms with van der Waals surface area (Å²) in [5.41, 5.74) is 1.14. The van der Waals surface area contributed by atoms with Gasteiger partial charge in [0.15, 0.2) is 0 Å². The summed E-state index contributed by atoms with van der Waals surface area (Å²) in [6.45, 7) is 9.44. The summed E-state index contributed by atoms with van der Waals surface area (Å²) in [5.74, 6) is 0.249. The van der Waals surface area contributed by atoms with E-state index in [1.807, 2.05) is 13.8 Å². The monoisotopic (exact) mass is 313 g/mol. The van der Waals surface area contributed by atoms with Gasteiger partial charge in [-0.3, -0.25) is 9.48 Å². The van der Waals surface area contributed by atoms with Crippen LogP contribution in [0.4, 0.5) is 0 Å². The van der Waals surface area contributed by atoms with Crippen molar-refractivity contribution in [3.63, 3.8) is 0 Å². The fourth-order valence-corrected chi connectivity index (χ4v) is 2.98. The van der Waals surface area contributed by atoms with E-state index in [0.29, 0.717) is 28.9 Å². The van der Waals surface area contributed by atoms with Crippen LogP contribution in [-0.2, 0) is 11.3 Å². The Hall–Kier alpha value is -1.07. The molecule has 0 radical (unpaired) electrons. The number of hydrogen-bond acceptors (Lipinski definition) is 3. The van der Waals surface area contributed by atoms with Gasteiger partial charge in [-0.2, -0.15) is 5.10 Å². The molecule has 0 unspecified atom stereocenters. The van der Waals surface area contributed by atoms with Gasteiger partial charge in [0.2, 0.25) is 0 Å². The van der Waals surface area contributed by atoms with Gasteiger partial charge in [0.1, 0.15) is 5.15 Å². The molecule has 5 nitrogen and oxygen atoms in total. The Morgan fingerprint density at radius 2 is 2.24 bits per heavy atom. The fraction of sp³-hybridized carbons (Fsp3) is 0.733. The van der Waals surface area contributed by atoms with E-state index in [-0.39, 0.29) is 18.1 Å². The van der Waals surface area contributed by atoms with Crippen LogP contribution in [0.15, 0.2) is 0 Å². The molecule has 2 atom stereocenters. The lowest BCUT2D eigenvalue weighted by Gasteiger charge is -2.19. The first-order chi connectivity index (χ1) is 9.90. The largest absolute Gasteiger partial charge is 0.376 e. The highest BCUT2D eigenvalue weighted by Crippen LogP contribution is 2.22. The van der Waals surface area contributed by atoms with Crippen molar-refractivity contribution in [2.45, 2.75) is 59.2 Å². The van der Waals surface area contributed by atoms with Crippen molar-refractivity contribution in [3.8, 4) is 0 Å². The molecule has 1 N–H and O–H groups in total. The fourth-order valence-electron chi connectivity index (χ4n) is 2.65. The van der Waals surface area contributed by atoms with E-state index in [2.05, 4.69) is 24.3 Å². The molecular weight excluding hydrogens is 290 g/mol. The molecule has 1 aromatic rings. The summed E-state index contributed by atoms with van der Waals surface area (Å²) >= 11 is 6.32. The second-order valence-electron chi connectivity index (χ2n) is 6.14. The molecule has 2 heterocycles. The molecule has 1 aromatic heterocycles. The summed E-state index contributed by atoms with van der Waals surface area (Å²) in [6, 6.07) is -0.0242. The van der Waals surface area contributed by atoms with Crippen molar-refractivity contribution in [1.29, 1.82) is 0 Å². The van der Waals surface area contributed by atoms with Gasteiger partial charge in [0, 0.05) is 13.2 Å². The van der Waals surface area contributed by atoms with E-state index in [9.17, 15) is 4.79 Å². The van der Waals surface area contributed by atoms with Crippen LogP contribution in [0.3, 0.4) is 0 Å². The molecule has 6 heteroatoms. The Kier molecular flexibility index (Phi) is 5.27. The number of carbonyl (C=O) groups excluding carboxylic acids is 1. The molecule has 0 saturated carbocycles. The highest BCUT2D eigenvalue weighted by molar-refractivity contribution is 6.33. The second-order valence-corrected chi connectivity index (χ2v) is 6.50. The minimum absolute atomic E-state index is 0.0242. The van der Waals surface area contributed by atoms with Crippen LogP contribution in [0.5, 0.6) is 0 Å². The molecule has 1 aliphatic rings. The van der Waals surface area contributed by atoms with Crippen LogP contribution in [0.1, 0.15) is 49.7 Å². The highest BCUT2D eigenvalue weighted by Gasteiger charge is 2.27. The van der Waals surface area contributed by atoms with E-state index < -0.39 is 0 Å². The van der Waals surface area contributed by atoms with Gasteiger partial charge < -0.3 is 10.1 Å². The predicted octanol–water partition coefficient (Wildman–Crippen LogP) is 2.80. The number of amides is 1. The van der Waals surface area contributed by atoms with E-state index in [1.165, 1.54) is 0 Å². The van der Waals surface area contributed by atoms with E-state index in [0.717, 1.165) is 19.4 Å². The maximum atomic E-state index is 12.4. The molecule has 2 rings (SSSR count). The van der Waals surface area contributed by atoms with Crippen LogP contribution >= 0.6 is 11.6 Å². The standard InChI is InChI=1S/C15H24ClN3O2/c1-9(2)8-19-14(16)13(11(4)18-19)15(20)17-10(3)12-6-5-7-21-12/h9-10,12H,5-8H2,1-4H3,(H,17,20)/t10-,12+/m1/s1. The molecule has 0 spiro atoms. The number of ether oxygens (including phenoxy) is 1. The van der Waals surface area contributed by atoms with Crippen LogP contribution in [0.25, 0.3) is 0 Å². The van der Waals surface area contributed by atoms with Gasteiger partial charge in [0.25, 0.3) is 5.91 Å². The molecule has 1 aliphatic heterocycles. The van der Waals surface area contributed by atoms with Gasteiger partial charge in [-0.25, -0.2) is 0 Å². The minimum Gasteiger partial charge on any atom is -0.376 e. The lowest BCUT2D eigenvalue weighted by Crippen LogP contribution is -2.41. The maximum Gasteiger partial charge on any atom is 0.256 e. The van der Waals surface area contributed by atoms with Gasteiger partial charge in [0.05, 0.1) is 23.4 Å². The summed E-state index contributed by atoms with van der Waals surface area (Å²) in [5, 5.41) is 7.77. The second kappa shape index (κ2) is 6.79. The number of carbonyl (C=O) groups is 1. The number of nitrogens with zero attached hydrogens (tertiary/aromatic N) is 2. The predicted molar refractivity (Wildman–Crippen MR) is 82.7 cm³/mol. The molecule has 118 valence electrons. The summed E-state index contributed by atoms with van der Waals surface area (Å²) in [6.07, 6.45) is 2.14. The zero-order valence-electron chi connectivity index (χ0n) is 13.1. The van der Waals surface area contributed by atoms with Crippen LogP contribution < -0.4 is 5.32 Å². The average molecular weight is 314 g/mol. The van der Waals surface area contributed by atoms with Crippen molar-refractivity contribution >= 4 is 17.5 Å². The zero-order valence-corrected chi connectivity index (χ0v) is 13.9. The van der Waals surface area contributed by atoms with Crippen LogP contribution in [-0.4, -0.2) is 34.4 Å². The molecule has 1 fully saturated rings. The maximum absolute atomic E-state index is 12.4. The quantitative estimate of drug-likeness (QED) is 0.909. The molecule has 0 bridgehead atoms. The first-order valence-electron chi connectivity index (χ1n) is 7.55. The third-order valence-electron chi connectivity index (χ3n) is 3.71. The number of rotatable bonds is 5. The smallest absolute Gasteiger partial charge is 0.256 e. The van der Waals surface area contributed by atoms with Gasteiger partial charge in [-0.05, 0) is 32.6 Å². The van der Waals surface area contributed by atoms with Gasteiger partial charge in [-0.15, -0.1) is 0 Å². The average Bonchev–Trinajstić information content (AvgIpc) is 2.98. The van der Waals surface area contributed by atoms with Crippen molar-refractivity contribution in [2.75, 3.05) is 6.61 Å². The normalized spacial score (nSPS) is 20.0. The van der Waals surface area contributed by atoms with E-state index >= 15 is 0 Å². The number of nitrogens with one attached hydrogen (secondary N) is 1. The summed E-state index contributed by atoms with van der Waals surface area (Å²) in [7, 11) is 0. The molecule has 0 aliphatic carbocycles. The Labute approximate surface area is 131 Å². The lowest BCUT2D eigenvalue weighted by atomic mass is 10.1. The lowest BCUT2D eigenvalue weighted by molar-refractivity contribution is 0.0712. The topological polar surface area (TPSA) is 56.2 Å². The number of aromatic nitrogens is 2. The SMILES string of the molecule is Cc1nn(CC(C)C)c(Cl)c1C(=O)N[C@H](C)[C@@H]1CCCO1. The Bertz CT molecular complexity index is 507. The summed E-state index contributed by atoms with van der Waals surface area (Å²) < 4.78 is 7.30. The molecule has 21 heavy (non-hydrogen) atoms. The zero-order chi connectivity index (χ0) is 15.6. The molecule has 1 amide bonds. The first kappa shape index (κ1) is 16.3. The van der Waals surface area contributed by atoms with Gasteiger partial charge >= 0.3 is 0 Å². The highest BCUT2D eigenvalue weighted by atomic mass is 35.5. The van der Waals surface area contributed by atoms with Crippen LogP contribution in [0.2, 0.25) is 5.15 Å². The third-order valence-corrected chi connectivity index (χ3v) is 4.10. The Balaban J connectivity index is 2.09. The van der Waals surface area contributed by atoms with Crippen molar-refractivity contribution in [3.05, 3.63) is 16.4 Å². The van der Waals surface area contributed by atoms with Crippen molar-refractivity contribution in [1.82, 2.24) is 15.1 Å².